The lowest BCUT2D eigenvalue weighted by molar-refractivity contribution is -0.121. The number of aromatic nitrogens is 2. The van der Waals surface area contributed by atoms with Gasteiger partial charge in [0.25, 0.3) is 0 Å². The molecule has 0 spiro atoms. The molecule has 1 atom stereocenters. The van der Waals surface area contributed by atoms with Gasteiger partial charge in [0.05, 0.1) is 17.8 Å². The second-order valence-electron chi connectivity index (χ2n) is 4.57. The van der Waals surface area contributed by atoms with Crippen LogP contribution in [-0.2, 0) is 4.79 Å². The van der Waals surface area contributed by atoms with E-state index in [4.69, 9.17) is 0 Å². The molecule has 96 valence electrons. The van der Waals surface area contributed by atoms with Crippen LogP contribution in [-0.4, -0.2) is 40.8 Å². The monoisotopic (exact) mass is 248 g/mol. The molecule has 0 radical (unpaired) electrons. The summed E-state index contributed by atoms with van der Waals surface area (Å²) in [6.45, 7) is 6.12. The minimum Gasteiger partial charge on any atom is -0.350 e. The van der Waals surface area contributed by atoms with Crippen LogP contribution in [0.1, 0.15) is 29.9 Å². The van der Waals surface area contributed by atoms with Crippen LogP contribution in [0.3, 0.4) is 0 Å². The highest BCUT2D eigenvalue weighted by molar-refractivity contribution is 5.94. The quantitative estimate of drug-likeness (QED) is 0.762. The molecular weight excluding hydrogens is 232 g/mol. The second kappa shape index (κ2) is 4.72. The summed E-state index contributed by atoms with van der Waals surface area (Å²) in [6.07, 6.45) is 1.52. The molecule has 2 heterocycles. The van der Waals surface area contributed by atoms with E-state index in [0.29, 0.717) is 23.8 Å². The first-order valence-electron chi connectivity index (χ1n) is 5.86. The first-order chi connectivity index (χ1) is 8.47. The molecule has 1 aromatic rings. The zero-order valence-electron chi connectivity index (χ0n) is 10.7. The summed E-state index contributed by atoms with van der Waals surface area (Å²) in [5.74, 6) is 0.411. The Labute approximate surface area is 105 Å². The summed E-state index contributed by atoms with van der Waals surface area (Å²) in [5, 5.41) is 2.83. The van der Waals surface area contributed by atoms with Gasteiger partial charge in [-0.3, -0.25) is 9.59 Å². The Morgan fingerprint density at radius 2 is 2.28 bits per heavy atom. The fourth-order valence-electron chi connectivity index (χ4n) is 2.04. The molecule has 1 fully saturated rings. The van der Waals surface area contributed by atoms with Crippen LogP contribution in [0.15, 0.2) is 6.20 Å². The van der Waals surface area contributed by atoms with Crippen LogP contribution in [0.4, 0.5) is 5.95 Å². The SMILES string of the molecule is CC(=O)c1cnc(N2CC(=O)N[C@H](C)C2)nc1C. The molecule has 1 N–H and O–H groups in total. The van der Waals surface area contributed by atoms with Gasteiger partial charge in [-0.1, -0.05) is 0 Å². The van der Waals surface area contributed by atoms with Gasteiger partial charge in [0.1, 0.15) is 0 Å². The molecule has 18 heavy (non-hydrogen) atoms. The number of aryl methyl sites for hydroxylation is 1. The Bertz CT molecular complexity index is 501. The minimum absolute atomic E-state index is 0.0364. The van der Waals surface area contributed by atoms with E-state index in [1.165, 1.54) is 13.1 Å². The first-order valence-corrected chi connectivity index (χ1v) is 5.86. The third-order valence-electron chi connectivity index (χ3n) is 2.86. The van der Waals surface area contributed by atoms with E-state index in [-0.39, 0.29) is 24.3 Å². The van der Waals surface area contributed by atoms with Crippen molar-refractivity contribution in [1.29, 1.82) is 0 Å². The smallest absolute Gasteiger partial charge is 0.239 e. The summed E-state index contributed by atoms with van der Waals surface area (Å²) in [7, 11) is 0. The third-order valence-corrected chi connectivity index (χ3v) is 2.86. The van der Waals surface area contributed by atoms with Crippen molar-refractivity contribution in [2.24, 2.45) is 0 Å². The number of carbonyl (C=O) groups excluding carboxylic acids is 2. The maximum Gasteiger partial charge on any atom is 0.239 e. The van der Waals surface area contributed by atoms with Crippen molar-refractivity contribution < 1.29 is 9.59 Å². The van der Waals surface area contributed by atoms with E-state index in [9.17, 15) is 9.59 Å². The zero-order valence-corrected chi connectivity index (χ0v) is 10.7. The molecule has 1 aliphatic heterocycles. The highest BCUT2D eigenvalue weighted by Crippen LogP contribution is 2.13. The number of hydrogen-bond donors (Lipinski definition) is 1. The van der Waals surface area contributed by atoms with Gasteiger partial charge in [-0.15, -0.1) is 0 Å². The first kappa shape index (κ1) is 12.5. The van der Waals surface area contributed by atoms with E-state index in [0.717, 1.165) is 0 Å². The Balaban J connectivity index is 2.26. The number of ketones is 1. The summed E-state index contributed by atoms with van der Waals surface area (Å²) >= 11 is 0. The maximum atomic E-state index is 11.5. The van der Waals surface area contributed by atoms with Gasteiger partial charge in [-0.2, -0.15) is 0 Å². The molecule has 1 amide bonds. The number of nitrogens with zero attached hydrogens (tertiary/aromatic N) is 3. The number of Topliss-reactive ketones (excluding diaryl/α,β-unsaturated/α-hetero) is 1. The Morgan fingerprint density at radius 3 is 2.83 bits per heavy atom. The molecule has 0 unspecified atom stereocenters. The van der Waals surface area contributed by atoms with Crippen molar-refractivity contribution >= 4 is 17.6 Å². The lowest BCUT2D eigenvalue weighted by Crippen LogP contribution is -2.53. The predicted octanol–water partition coefficient (Wildman–Crippen LogP) is 0.312. The van der Waals surface area contributed by atoms with Crippen molar-refractivity contribution in [2.45, 2.75) is 26.8 Å². The Morgan fingerprint density at radius 1 is 1.56 bits per heavy atom. The fraction of sp³-hybridized carbons (Fsp3) is 0.500. The summed E-state index contributed by atoms with van der Waals surface area (Å²) in [6, 6.07) is 0.0719. The van der Waals surface area contributed by atoms with Crippen LogP contribution in [0.2, 0.25) is 0 Å². The van der Waals surface area contributed by atoms with Gasteiger partial charge in [-0.25, -0.2) is 9.97 Å². The van der Waals surface area contributed by atoms with Crippen LogP contribution >= 0.6 is 0 Å². The molecule has 0 aliphatic carbocycles. The second-order valence-corrected chi connectivity index (χ2v) is 4.57. The lowest BCUT2D eigenvalue weighted by atomic mass is 10.2. The third kappa shape index (κ3) is 2.47. The minimum atomic E-state index is -0.0520. The Kier molecular flexibility index (Phi) is 3.27. The molecule has 0 aromatic carbocycles. The van der Waals surface area contributed by atoms with Crippen LogP contribution in [0.5, 0.6) is 0 Å². The molecule has 6 heteroatoms. The van der Waals surface area contributed by atoms with Crippen LogP contribution in [0.25, 0.3) is 0 Å². The standard InChI is InChI=1S/C12H16N4O2/c1-7-5-16(6-11(18)14-7)12-13-4-10(9(3)17)8(2)15-12/h4,7H,5-6H2,1-3H3,(H,14,18)/t7-/m1/s1. The largest absolute Gasteiger partial charge is 0.350 e. The number of piperazine rings is 1. The molecule has 2 rings (SSSR count). The predicted molar refractivity (Wildman–Crippen MR) is 66.6 cm³/mol. The number of hydrogen-bond acceptors (Lipinski definition) is 5. The molecule has 0 saturated carbocycles. The molecule has 1 aromatic heterocycles. The molecule has 1 aliphatic rings. The Hall–Kier alpha value is -1.98. The van der Waals surface area contributed by atoms with E-state index in [1.54, 1.807) is 6.92 Å². The van der Waals surface area contributed by atoms with E-state index in [1.807, 2.05) is 11.8 Å². The van der Waals surface area contributed by atoms with Gasteiger partial charge >= 0.3 is 0 Å². The topological polar surface area (TPSA) is 75.2 Å². The molecular formula is C12H16N4O2. The highest BCUT2D eigenvalue weighted by atomic mass is 16.2. The van der Waals surface area contributed by atoms with Gasteiger partial charge in [0.15, 0.2) is 5.78 Å². The number of amides is 1. The number of anilines is 1. The summed E-state index contributed by atoms with van der Waals surface area (Å²) < 4.78 is 0. The summed E-state index contributed by atoms with van der Waals surface area (Å²) in [4.78, 5) is 33.0. The lowest BCUT2D eigenvalue weighted by Gasteiger charge is -2.31. The van der Waals surface area contributed by atoms with Crippen LogP contribution < -0.4 is 10.2 Å². The molecule has 0 bridgehead atoms. The van der Waals surface area contributed by atoms with Crippen molar-refractivity contribution in [2.75, 3.05) is 18.0 Å². The highest BCUT2D eigenvalue weighted by Gasteiger charge is 2.23. The zero-order chi connectivity index (χ0) is 13.3. The summed E-state index contributed by atoms with van der Waals surface area (Å²) in [5.41, 5.74) is 1.17. The van der Waals surface area contributed by atoms with Gasteiger partial charge < -0.3 is 10.2 Å². The van der Waals surface area contributed by atoms with Crippen LogP contribution in [0, 0.1) is 6.92 Å². The van der Waals surface area contributed by atoms with Crippen molar-refractivity contribution in [3.05, 3.63) is 17.5 Å². The van der Waals surface area contributed by atoms with E-state index < -0.39 is 0 Å². The maximum absolute atomic E-state index is 11.5. The average Bonchev–Trinajstić information content (AvgIpc) is 2.26. The van der Waals surface area contributed by atoms with Crippen molar-refractivity contribution in [3.8, 4) is 0 Å². The van der Waals surface area contributed by atoms with Gasteiger partial charge in [0, 0.05) is 18.8 Å². The fourth-order valence-corrected chi connectivity index (χ4v) is 2.04. The van der Waals surface area contributed by atoms with E-state index in [2.05, 4.69) is 15.3 Å². The number of nitrogens with one attached hydrogen (secondary N) is 1. The van der Waals surface area contributed by atoms with Crippen molar-refractivity contribution in [3.63, 3.8) is 0 Å². The van der Waals surface area contributed by atoms with Gasteiger partial charge in [0.2, 0.25) is 11.9 Å². The normalized spacial score (nSPS) is 19.6. The molecule has 1 saturated heterocycles. The number of carbonyl (C=O) groups is 2. The number of rotatable bonds is 2. The van der Waals surface area contributed by atoms with E-state index >= 15 is 0 Å². The molecule has 6 nitrogen and oxygen atoms in total. The average molecular weight is 248 g/mol. The van der Waals surface area contributed by atoms with Gasteiger partial charge in [-0.05, 0) is 20.8 Å². The van der Waals surface area contributed by atoms with Crippen molar-refractivity contribution in [1.82, 2.24) is 15.3 Å².